The highest BCUT2D eigenvalue weighted by atomic mass is 16.6. The molecule has 44 valence electrons. The van der Waals surface area contributed by atoms with Crippen LogP contribution in [0.15, 0.2) is 4.99 Å². The van der Waals surface area contributed by atoms with Gasteiger partial charge in [0.15, 0.2) is 0 Å². The lowest BCUT2D eigenvalue weighted by molar-refractivity contribution is -0.525. The highest BCUT2D eigenvalue weighted by Crippen LogP contribution is 1.89. The van der Waals surface area contributed by atoms with Crippen molar-refractivity contribution in [2.45, 2.75) is 6.29 Å². The van der Waals surface area contributed by atoms with Crippen molar-refractivity contribution >= 4 is 6.21 Å². The van der Waals surface area contributed by atoms with Gasteiger partial charge in [-0.05, 0) is 0 Å². The van der Waals surface area contributed by atoms with E-state index in [0.29, 0.717) is 6.54 Å². The number of hydrogen-bond acceptors (Lipinski definition) is 4. The van der Waals surface area contributed by atoms with Gasteiger partial charge in [-0.25, -0.2) is 10.3 Å². The molecule has 1 rings (SSSR count). The van der Waals surface area contributed by atoms with E-state index in [0.717, 1.165) is 0 Å². The lowest BCUT2D eigenvalue weighted by atomic mass is 10.8. The van der Waals surface area contributed by atoms with Crippen LogP contribution in [0, 0.1) is 10.1 Å². The van der Waals surface area contributed by atoms with E-state index in [-0.39, 0.29) is 0 Å². The van der Waals surface area contributed by atoms with Crippen molar-refractivity contribution in [1.82, 2.24) is 5.32 Å². The number of rotatable bonds is 1. The Morgan fingerprint density at radius 1 is 2.00 bits per heavy atom. The third kappa shape index (κ3) is 0.812. The molecule has 1 unspecified atom stereocenters. The fourth-order valence-corrected chi connectivity index (χ4v) is 0.492. The molecule has 0 saturated carbocycles. The van der Waals surface area contributed by atoms with E-state index in [1.165, 1.54) is 6.21 Å². The van der Waals surface area contributed by atoms with Gasteiger partial charge in [0.1, 0.15) is 0 Å². The zero-order valence-corrected chi connectivity index (χ0v) is 4.07. The van der Waals surface area contributed by atoms with Crippen LogP contribution in [0.25, 0.3) is 0 Å². The zero-order chi connectivity index (χ0) is 5.98. The Labute approximate surface area is 45.6 Å². The Balaban J connectivity index is 2.48. The predicted octanol–water partition coefficient (Wildman–Crippen LogP) is -0.779. The Kier molecular flexibility index (Phi) is 1.21. The molecule has 1 atom stereocenters. The van der Waals surface area contributed by atoms with E-state index in [1.54, 1.807) is 0 Å². The van der Waals surface area contributed by atoms with Gasteiger partial charge in [-0.1, -0.05) is 0 Å². The highest BCUT2D eigenvalue weighted by Gasteiger charge is 2.18. The van der Waals surface area contributed by atoms with Gasteiger partial charge in [-0.3, -0.25) is 10.1 Å². The first-order valence-corrected chi connectivity index (χ1v) is 2.19. The topological polar surface area (TPSA) is 67.5 Å². The van der Waals surface area contributed by atoms with Crippen molar-refractivity contribution in [1.29, 1.82) is 0 Å². The van der Waals surface area contributed by atoms with Gasteiger partial charge in [0.05, 0.1) is 4.92 Å². The van der Waals surface area contributed by atoms with Crippen LogP contribution in [0.4, 0.5) is 0 Å². The van der Waals surface area contributed by atoms with Crippen LogP contribution in [-0.2, 0) is 0 Å². The van der Waals surface area contributed by atoms with E-state index in [4.69, 9.17) is 0 Å². The van der Waals surface area contributed by atoms with Gasteiger partial charge in [0, 0.05) is 12.8 Å². The number of nitrogens with zero attached hydrogens (tertiary/aromatic N) is 2. The maximum Gasteiger partial charge on any atom is 0.362 e. The first-order chi connectivity index (χ1) is 3.80. The van der Waals surface area contributed by atoms with E-state index in [2.05, 4.69) is 10.3 Å². The molecule has 0 aliphatic carbocycles. The maximum absolute atomic E-state index is 9.83. The van der Waals surface area contributed by atoms with Gasteiger partial charge in [-0.15, -0.1) is 0 Å². The molecule has 0 bridgehead atoms. The van der Waals surface area contributed by atoms with Gasteiger partial charge in [0.2, 0.25) is 0 Å². The normalized spacial score (nSPS) is 26.2. The van der Waals surface area contributed by atoms with Crippen molar-refractivity contribution in [3.8, 4) is 0 Å². The first-order valence-electron chi connectivity index (χ1n) is 2.19. The van der Waals surface area contributed by atoms with Crippen LogP contribution < -0.4 is 5.32 Å². The van der Waals surface area contributed by atoms with Crippen molar-refractivity contribution in [3.63, 3.8) is 0 Å². The summed E-state index contributed by atoms with van der Waals surface area (Å²) in [6.07, 6.45) is 0.600. The van der Waals surface area contributed by atoms with Crippen LogP contribution in [0.1, 0.15) is 0 Å². The quantitative estimate of drug-likeness (QED) is 0.360. The summed E-state index contributed by atoms with van der Waals surface area (Å²) in [4.78, 5) is 12.9. The third-order valence-corrected chi connectivity index (χ3v) is 0.838. The Morgan fingerprint density at radius 2 is 2.75 bits per heavy atom. The molecule has 0 spiro atoms. The fourth-order valence-electron chi connectivity index (χ4n) is 0.492. The van der Waals surface area contributed by atoms with Crippen LogP contribution in [0.3, 0.4) is 0 Å². The first kappa shape index (κ1) is 5.17. The minimum atomic E-state index is -0.894. The van der Waals surface area contributed by atoms with E-state index in [9.17, 15) is 10.1 Å². The van der Waals surface area contributed by atoms with Crippen LogP contribution >= 0.6 is 0 Å². The average molecular weight is 115 g/mol. The second-order valence-electron chi connectivity index (χ2n) is 1.40. The third-order valence-electron chi connectivity index (χ3n) is 0.838. The average Bonchev–Trinajstić information content (AvgIpc) is 2.12. The molecule has 0 radical (unpaired) electrons. The Bertz CT molecular complexity index is 132. The van der Waals surface area contributed by atoms with Gasteiger partial charge < -0.3 is 0 Å². The molecule has 0 amide bonds. The summed E-state index contributed by atoms with van der Waals surface area (Å²) in [5.74, 6) is 0. The number of nitrogens with one attached hydrogen (secondary N) is 1. The maximum atomic E-state index is 9.83. The van der Waals surface area contributed by atoms with Gasteiger partial charge in [0.25, 0.3) is 0 Å². The van der Waals surface area contributed by atoms with Crippen LogP contribution in [0.5, 0.6) is 0 Å². The SMILES string of the molecule is O=[N+]([O-])C1N=CCN1. The minimum absolute atomic E-state index is 0.469. The fraction of sp³-hybridized carbons (Fsp3) is 0.667. The zero-order valence-electron chi connectivity index (χ0n) is 4.07. The monoisotopic (exact) mass is 115 g/mol. The molecule has 1 heterocycles. The molecule has 0 aromatic heterocycles. The molecule has 0 fully saturated rings. The summed E-state index contributed by atoms with van der Waals surface area (Å²) in [5, 5.41) is 12.4. The summed E-state index contributed by atoms with van der Waals surface area (Å²) in [5.41, 5.74) is 0. The number of nitro groups is 1. The molecule has 5 heteroatoms. The van der Waals surface area contributed by atoms with Crippen LogP contribution in [0.2, 0.25) is 0 Å². The molecule has 5 nitrogen and oxygen atoms in total. The molecule has 8 heavy (non-hydrogen) atoms. The number of hydrogen-bond donors (Lipinski definition) is 1. The smallest absolute Gasteiger partial charge is 0.261 e. The molecule has 1 aliphatic rings. The summed E-state index contributed by atoms with van der Waals surface area (Å²) in [7, 11) is 0. The molecule has 0 saturated heterocycles. The van der Waals surface area contributed by atoms with Crippen molar-refractivity contribution in [2.75, 3.05) is 6.54 Å². The molecular formula is C3H5N3O2. The molecule has 0 aromatic carbocycles. The van der Waals surface area contributed by atoms with E-state index in [1.807, 2.05) is 0 Å². The summed E-state index contributed by atoms with van der Waals surface area (Å²) in [6, 6.07) is 0. The largest absolute Gasteiger partial charge is 0.362 e. The lowest BCUT2D eigenvalue weighted by Crippen LogP contribution is -2.29. The molecule has 1 N–H and O–H groups in total. The highest BCUT2D eigenvalue weighted by molar-refractivity contribution is 5.61. The predicted molar refractivity (Wildman–Crippen MR) is 27.3 cm³/mol. The van der Waals surface area contributed by atoms with Crippen molar-refractivity contribution in [2.24, 2.45) is 4.99 Å². The Hall–Kier alpha value is -0.970. The lowest BCUT2D eigenvalue weighted by Gasteiger charge is -1.94. The van der Waals surface area contributed by atoms with Crippen LogP contribution in [-0.4, -0.2) is 24.0 Å². The van der Waals surface area contributed by atoms with Gasteiger partial charge in [-0.2, -0.15) is 0 Å². The summed E-state index contributed by atoms with van der Waals surface area (Å²) in [6.45, 7) is 0.506. The summed E-state index contributed by atoms with van der Waals surface area (Å²) >= 11 is 0. The van der Waals surface area contributed by atoms with Crippen molar-refractivity contribution in [3.05, 3.63) is 10.1 Å². The van der Waals surface area contributed by atoms with Gasteiger partial charge >= 0.3 is 6.29 Å². The van der Waals surface area contributed by atoms with Crippen molar-refractivity contribution < 1.29 is 4.92 Å². The summed E-state index contributed by atoms with van der Waals surface area (Å²) < 4.78 is 0. The Morgan fingerprint density at radius 3 is 3.00 bits per heavy atom. The standard InChI is InChI=1S/C3H5N3O2/c7-6(8)3-4-1-2-5-3/h1,3,5H,2H2. The minimum Gasteiger partial charge on any atom is -0.261 e. The van der Waals surface area contributed by atoms with E-state index < -0.39 is 11.2 Å². The second kappa shape index (κ2) is 1.87. The molecule has 1 aliphatic heterocycles. The molecular weight excluding hydrogens is 110 g/mol. The number of aliphatic imine (C=N–C) groups is 1. The van der Waals surface area contributed by atoms with E-state index >= 15 is 0 Å². The molecule has 0 aromatic rings. The second-order valence-corrected chi connectivity index (χ2v) is 1.40.